The van der Waals surface area contributed by atoms with Crippen molar-refractivity contribution in [2.45, 2.75) is 36.8 Å². The van der Waals surface area contributed by atoms with E-state index in [1.165, 1.54) is 6.07 Å². The molecule has 0 bridgehead atoms. The zero-order chi connectivity index (χ0) is 16.3. The predicted octanol–water partition coefficient (Wildman–Crippen LogP) is 0.874. The molecule has 1 unspecified atom stereocenters. The van der Waals surface area contributed by atoms with Gasteiger partial charge in [0, 0.05) is 19.3 Å². The van der Waals surface area contributed by atoms with Crippen molar-refractivity contribution in [3.8, 4) is 0 Å². The van der Waals surface area contributed by atoms with E-state index in [-0.39, 0.29) is 22.9 Å². The number of nitrogens with one attached hydrogen (secondary N) is 1. The average molecular weight is 326 g/mol. The number of aliphatic hydroxyl groups is 1. The van der Waals surface area contributed by atoms with Crippen LogP contribution in [-0.4, -0.2) is 55.8 Å². The van der Waals surface area contributed by atoms with E-state index in [0.29, 0.717) is 31.6 Å². The Balaban J connectivity index is 2.09. The van der Waals surface area contributed by atoms with Gasteiger partial charge in [-0.05, 0) is 31.9 Å². The van der Waals surface area contributed by atoms with Gasteiger partial charge in [0.15, 0.2) is 9.84 Å². The van der Waals surface area contributed by atoms with E-state index < -0.39 is 9.84 Å². The molecule has 1 aromatic carbocycles. The second-order valence-electron chi connectivity index (χ2n) is 5.70. The first-order chi connectivity index (χ1) is 10.3. The van der Waals surface area contributed by atoms with Crippen molar-refractivity contribution in [1.29, 1.82) is 0 Å². The third-order valence-corrected chi connectivity index (χ3v) is 5.13. The fourth-order valence-corrected chi connectivity index (χ4v) is 3.41. The number of piperidine rings is 1. The molecule has 2 rings (SSSR count). The van der Waals surface area contributed by atoms with Crippen LogP contribution in [0.1, 0.15) is 19.8 Å². The molecule has 1 saturated heterocycles. The number of hydrogen-bond donors (Lipinski definition) is 2. The Labute approximate surface area is 131 Å². The van der Waals surface area contributed by atoms with Crippen LogP contribution in [0.25, 0.3) is 0 Å². The van der Waals surface area contributed by atoms with E-state index in [4.69, 9.17) is 0 Å². The summed E-state index contributed by atoms with van der Waals surface area (Å²) in [6.07, 6.45) is 2.13. The molecule has 0 saturated carbocycles. The van der Waals surface area contributed by atoms with Gasteiger partial charge in [-0.1, -0.05) is 12.1 Å². The van der Waals surface area contributed by atoms with Crippen molar-refractivity contribution >= 4 is 21.4 Å². The van der Waals surface area contributed by atoms with Crippen LogP contribution in [0.4, 0.5) is 5.69 Å². The number of amides is 1. The highest BCUT2D eigenvalue weighted by atomic mass is 32.2. The number of anilines is 1. The summed E-state index contributed by atoms with van der Waals surface area (Å²) in [6, 6.07) is 6.00. The van der Waals surface area contributed by atoms with E-state index in [0.717, 1.165) is 6.26 Å². The van der Waals surface area contributed by atoms with Crippen molar-refractivity contribution in [2.75, 3.05) is 24.7 Å². The number of hydrogen-bond acceptors (Lipinski definition) is 5. The molecule has 1 atom stereocenters. The molecule has 0 aliphatic carbocycles. The molecule has 7 heteroatoms. The van der Waals surface area contributed by atoms with E-state index in [1.54, 1.807) is 25.1 Å². The molecule has 1 fully saturated rings. The molecule has 1 aliphatic rings. The molecule has 0 aromatic heterocycles. The van der Waals surface area contributed by atoms with E-state index >= 15 is 0 Å². The fourth-order valence-electron chi connectivity index (χ4n) is 2.57. The Bertz CT molecular complexity index is 637. The lowest BCUT2D eigenvalue weighted by Crippen LogP contribution is -2.47. The smallest absolute Gasteiger partial charge is 0.241 e. The molecule has 1 heterocycles. The summed E-state index contributed by atoms with van der Waals surface area (Å²) >= 11 is 0. The highest BCUT2D eigenvalue weighted by molar-refractivity contribution is 7.90. The van der Waals surface area contributed by atoms with Crippen LogP contribution in [0, 0.1) is 0 Å². The lowest BCUT2D eigenvalue weighted by atomic mass is 10.1. The van der Waals surface area contributed by atoms with Crippen molar-refractivity contribution in [3.63, 3.8) is 0 Å². The van der Waals surface area contributed by atoms with Gasteiger partial charge in [-0.3, -0.25) is 9.69 Å². The summed E-state index contributed by atoms with van der Waals surface area (Å²) in [4.78, 5) is 14.5. The number of nitrogens with zero attached hydrogens (tertiary/aromatic N) is 1. The van der Waals surface area contributed by atoms with Crippen molar-refractivity contribution < 1.29 is 18.3 Å². The van der Waals surface area contributed by atoms with Crippen LogP contribution < -0.4 is 5.32 Å². The SMILES string of the molecule is CC(C(=O)Nc1ccccc1S(C)(=O)=O)N1CCC(O)CC1. The number of carbonyl (C=O) groups is 1. The van der Waals surface area contributed by atoms with Crippen LogP contribution in [0.3, 0.4) is 0 Å². The predicted molar refractivity (Wildman–Crippen MR) is 84.5 cm³/mol. The fraction of sp³-hybridized carbons (Fsp3) is 0.533. The average Bonchev–Trinajstić information content (AvgIpc) is 2.46. The van der Waals surface area contributed by atoms with Crippen LogP contribution in [0.5, 0.6) is 0 Å². The second-order valence-corrected chi connectivity index (χ2v) is 7.68. The first-order valence-electron chi connectivity index (χ1n) is 7.31. The van der Waals surface area contributed by atoms with Crippen LogP contribution in [-0.2, 0) is 14.6 Å². The first-order valence-corrected chi connectivity index (χ1v) is 9.20. The minimum atomic E-state index is -3.40. The van der Waals surface area contributed by atoms with Crippen molar-refractivity contribution in [1.82, 2.24) is 4.90 Å². The number of benzene rings is 1. The van der Waals surface area contributed by atoms with Crippen LogP contribution in [0.2, 0.25) is 0 Å². The zero-order valence-corrected chi connectivity index (χ0v) is 13.6. The second kappa shape index (κ2) is 6.76. The van der Waals surface area contributed by atoms with E-state index in [1.807, 2.05) is 4.90 Å². The number of sulfone groups is 1. The van der Waals surface area contributed by atoms with Gasteiger partial charge < -0.3 is 10.4 Å². The van der Waals surface area contributed by atoms with Crippen LogP contribution in [0.15, 0.2) is 29.2 Å². The summed E-state index contributed by atoms with van der Waals surface area (Å²) in [5.74, 6) is -0.243. The highest BCUT2D eigenvalue weighted by Crippen LogP contribution is 2.21. The number of rotatable bonds is 4. The highest BCUT2D eigenvalue weighted by Gasteiger charge is 2.26. The Morgan fingerprint density at radius 3 is 2.50 bits per heavy atom. The lowest BCUT2D eigenvalue weighted by Gasteiger charge is -2.33. The number of likely N-dealkylation sites (tertiary alicyclic amines) is 1. The third-order valence-electron chi connectivity index (χ3n) is 3.97. The standard InChI is InChI=1S/C15H22N2O4S/c1-11(17-9-7-12(18)8-10-17)15(19)16-13-5-3-4-6-14(13)22(2,20)21/h3-6,11-12,18H,7-10H2,1-2H3,(H,16,19). The van der Waals surface area contributed by atoms with Gasteiger partial charge in [-0.15, -0.1) is 0 Å². The number of carbonyl (C=O) groups excluding carboxylic acids is 1. The minimum absolute atomic E-state index is 0.115. The lowest BCUT2D eigenvalue weighted by molar-refractivity contribution is -0.121. The largest absolute Gasteiger partial charge is 0.393 e. The molecule has 2 N–H and O–H groups in total. The van der Waals surface area contributed by atoms with Crippen molar-refractivity contribution in [2.24, 2.45) is 0 Å². The van der Waals surface area contributed by atoms with Gasteiger partial charge in [0.05, 0.1) is 22.7 Å². The molecule has 1 aromatic rings. The van der Waals surface area contributed by atoms with Crippen molar-refractivity contribution in [3.05, 3.63) is 24.3 Å². The van der Waals surface area contributed by atoms with Gasteiger partial charge in [0.2, 0.25) is 5.91 Å². The summed E-state index contributed by atoms with van der Waals surface area (Å²) in [5.41, 5.74) is 0.305. The topological polar surface area (TPSA) is 86.7 Å². The molecule has 1 amide bonds. The van der Waals surface area contributed by atoms with E-state index in [9.17, 15) is 18.3 Å². The summed E-state index contributed by atoms with van der Waals surface area (Å²) in [5, 5.41) is 12.2. The van der Waals surface area contributed by atoms with Gasteiger partial charge in [-0.25, -0.2) is 8.42 Å². The molecule has 122 valence electrons. The maximum Gasteiger partial charge on any atom is 0.241 e. The Hall–Kier alpha value is -1.44. The minimum Gasteiger partial charge on any atom is -0.393 e. The number of para-hydroxylation sites is 1. The molecule has 6 nitrogen and oxygen atoms in total. The molecule has 1 aliphatic heterocycles. The molecular formula is C15H22N2O4S. The van der Waals surface area contributed by atoms with Gasteiger partial charge >= 0.3 is 0 Å². The summed E-state index contributed by atoms with van der Waals surface area (Å²) < 4.78 is 23.5. The Morgan fingerprint density at radius 2 is 1.91 bits per heavy atom. The Kier molecular flexibility index (Phi) is 5.20. The normalized spacial score (nSPS) is 18.9. The summed E-state index contributed by atoms with van der Waals surface area (Å²) in [7, 11) is -3.40. The Morgan fingerprint density at radius 1 is 1.32 bits per heavy atom. The quantitative estimate of drug-likeness (QED) is 0.857. The van der Waals surface area contributed by atoms with Gasteiger partial charge in [0.25, 0.3) is 0 Å². The zero-order valence-electron chi connectivity index (χ0n) is 12.8. The first kappa shape index (κ1) is 16.9. The number of aliphatic hydroxyl groups excluding tert-OH is 1. The molecular weight excluding hydrogens is 304 g/mol. The maximum atomic E-state index is 12.4. The molecule has 0 radical (unpaired) electrons. The third kappa shape index (κ3) is 4.06. The maximum absolute atomic E-state index is 12.4. The van der Waals surface area contributed by atoms with Crippen LogP contribution >= 0.6 is 0 Å². The van der Waals surface area contributed by atoms with E-state index in [2.05, 4.69) is 5.32 Å². The molecule has 22 heavy (non-hydrogen) atoms. The van der Waals surface area contributed by atoms with Gasteiger partial charge in [-0.2, -0.15) is 0 Å². The summed E-state index contributed by atoms with van der Waals surface area (Å²) in [6.45, 7) is 3.10. The molecule has 0 spiro atoms. The van der Waals surface area contributed by atoms with Gasteiger partial charge in [0.1, 0.15) is 0 Å². The monoisotopic (exact) mass is 326 g/mol.